The minimum absolute atomic E-state index is 0.120. The van der Waals surface area contributed by atoms with Crippen LogP contribution in [0.25, 0.3) is 11.3 Å². The van der Waals surface area contributed by atoms with Crippen LogP contribution in [0.5, 0.6) is 5.75 Å². The van der Waals surface area contributed by atoms with Gasteiger partial charge in [-0.15, -0.1) is 0 Å². The molecule has 28 heavy (non-hydrogen) atoms. The molecule has 0 aliphatic heterocycles. The summed E-state index contributed by atoms with van der Waals surface area (Å²) >= 11 is 6.22. The summed E-state index contributed by atoms with van der Waals surface area (Å²) in [5, 5.41) is 7.10. The summed E-state index contributed by atoms with van der Waals surface area (Å²) in [4.78, 5) is 10.9. The molecule has 146 valence electrons. The number of carbonyl (C=O) groups is 1. The summed E-state index contributed by atoms with van der Waals surface area (Å²) in [6.07, 6.45) is -2.01. The Bertz CT molecular complexity index is 968. The molecule has 0 amide bonds. The van der Waals surface area contributed by atoms with Crippen molar-refractivity contribution in [1.29, 1.82) is 0 Å². The predicted octanol–water partition coefficient (Wildman–Crippen LogP) is 5.63. The molecule has 4 nitrogen and oxygen atoms in total. The minimum Gasteiger partial charge on any atom is -0.487 e. The van der Waals surface area contributed by atoms with Crippen molar-refractivity contribution in [1.82, 2.24) is 10.2 Å². The van der Waals surface area contributed by atoms with Crippen molar-refractivity contribution in [3.63, 3.8) is 0 Å². The van der Waals surface area contributed by atoms with Crippen molar-refractivity contribution in [3.8, 4) is 17.0 Å². The molecule has 1 heterocycles. The Kier molecular flexibility index (Phi) is 5.74. The lowest BCUT2D eigenvalue weighted by atomic mass is 10.0. The van der Waals surface area contributed by atoms with Gasteiger partial charge in [0.2, 0.25) is 0 Å². The quantitative estimate of drug-likeness (QED) is 0.538. The van der Waals surface area contributed by atoms with Crippen molar-refractivity contribution >= 4 is 17.9 Å². The van der Waals surface area contributed by atoms with Gasteiger partial charge in [0.15, 0.2) is 0 Å². The monoisotopic (exact) mass is 408 g/mol. The fourth-order valence-electron chi connectivity index (χ4n) is 2.65. The van der Waals surface area contributed by atoms with E-state index in [-0.39, 0.29) is 12.5 Å². The van der Waals surface area contributed by atoms with E-state index in [0.29, 0.717) is 27.6 Å². The smallest absolute Gasteiger partial charge is 0.416 e. The lowest BCUT2D eigenvalue weighted by Gasteiger charge is -2.11. The number of carbonyl (C=O) groups excluding carboxylic acids is 1. The third-order valence-electron chi connectivity index (χ3n) is 4.29. The summed E-state index contributed by atoms with van der Waals surface area (Å²) in [6.45, 7) is 1.89. The van der Waals surface area contributed by atoms with E-state index in [1.165, 1.54) is 12.1 Å². The van der Waals surface area contributed by atoms with Gasteiger partial charge in [-0.05, 0) is 35.4 Å². The van der Waals surface area contributed by atoms with Crippen LogP contribution in [-0.2, 0) is 17.6 Å². The first-order valence-electron chi connectivity index (χ1n) is 8.37. The molecule has 1 N–H and O–H groups in total. The van der Waals surface area contributed by atoms with Crippen molar-refractivity contribution in [2.75, 3.05) is 0 Å². The lowest BCUT2D eigenvalue weighted by Crippen LogP contribution is -2.04. The summed E-state index contributed by atoms with van der Waals surface area (Å²) in [5.74, 6) is 0.162. The highest BCUT2D eigenvalue weighted by Crippen LogP contribution is 2.32. The summed E-state index contributed by atoms with van der Waals surface area (Å²) < 4.78 is 43.9. The van der Waals surface area contributed by atoms with Gasteiger partial charge in [-0.2, -0.15) is 18.3 Å². The molecule has 0 aliphatic rings. The van der Waals surface area contributed by atoms with Crippen LogP contribution in [0.3, 0.4) is 0 Å². The Morgan fingerprint density at radius 1 is 1.21 bits per heavy atom. The number of hydrogen-bond donors (Lipinski definition) is 1. The van der Waals surface area contributed by atoms with E-state index in [1.807, 2.05) is 0 Å². The van der Waals surface area contributed by atoms with Crippen LogP contribution in [0.1, 0.15) is 29.5 Å². The number of nitrogens with one attached hydrogen (secondary N) is 1. The van der Waals surface area contributed by atoms with E-state index in [0.717, 1.165) is 24.0 Å². The lowest BCUT2D eigenvalue weighted by molar-refractivity contribution is -0.137. The maximum absolute atomic E-state index is 12.7. The molecule has 3 rings (SSSR count). The number of rotatable bonds is 6. The number of benzene rings is 2. The molecule has 3 aromatic rings. The number of halogens is 4. The highest BCUT2D eigenvalue weighted by atomic mass is 35.5. The van der Waals surface area contributed by atoms with Crippen LogP contribution < -0.4 is 4.74 Å². The molecule has 2 aromatic carbocycles. The Balaban J connectivity index is 1.75. The predicted molar refractivity (Wildman–Crippen MR) is 99.3 cm³/mol. The summed E-state index contributed by atoms with van der Waals surface area (Å²) in [7, 11) is 0. The van der Waals surface area contributed by atoms with Crippen molar-refractivity contribution in [3.05, 3.63) is 70.4 Å². The van der Waals surface area contributed by atoms with E-state index in [2.05, 4.69) is 10.2 Å². The highest BCUT2D eigenvalue weighted by Gasteiger charge is 2.30. The van der Waals surface area contributed by atoms with Crippen LogP contribution in [0, 0.1) is 0 Å². The number of aldehydes is 1. The molecule has 0 aliphatic carbocycles. The van der Waals surface area contributed by atoms with Gasteiger partial charge in [0.05, 0.1) is 22.5 Å². The van der Waals surface area contributed by atoms with Gasteiger partial charge in [0.25, 0.3) is 0 Å². The van der Waals surface area contributed by atoms with E-state index in [4.69, 9.17) is 16.3 Å². The standard InChI is InChI=1S/C20H16ClF3N2O2/c1-12(10-27)14-4-7-18(17(21)8-14)28-11-15-9-25-26-19(15)13-2-5-16(6-3-13)20(22,23)24/h2-10,12H,11H2,1H3,(H,25,26). The Labute approximate surface area is 164 Å². The second kappa shape index (κ2) is 8.06. The zero-order valence-electron chi connectivity index (χ0n) is 14.8. The van der Waals surface area contributed by atoms with Gasteiger partial charge in [-0.1, -0.05) is 36.7 Å². The van der Waals surface area contributed by atoms with Gasteiger partial charge in [-0.3, -0.25) is 5.10 Å². The van der Waals surface area contributed by atoms with E-state index < -0.39 is 11.7 Å². The van der Waals surface area contributed by atoms with Gasteiger partial charge in [0.1, 0.15) is 18.6 Å². The van der Waals surface area contributed by atoms with E-state index >= 15 is 0 Å². The second-order valence-corrected chi connectivity index (χ2v) is 6.66. The minimum atomic E-state index is -4.39. The van der Waals surface area contributed by atoms with Crippen LogP contribution in [0.2, 0.25) is 5.02 Å². The van der Waals surface area contributed by atoms with E-state index in [1.54, 1.807) is 31.3 Å². The van der Waals surface area contributed by atoms with Gasteiger partial charge < -0.3 is 9.53 Å². The number of hydrogen-bond acceptors (Lipinski definition) is 3. The van der Waals surface area contributed by atoms with E-state index in [9.17, 15) is 18.0 Å². The molecule has 0 spiro atoms. The number of aromatic amines is 1. The van der Waals surface area contributed by atoms with Gasteiger partial charge >= 0.3 is 6.18 Å². The first-order valence-corrected chi connectivity index (χ1v) is 8.75. The molecule has 0 saturated heterocycles. The molecule has 0 bridgehead atoms. The molecule has 0 radical (unpaired) electrons. The molecule has 1 atom stereocenters. The molecular weight excluding hydrogens is 393 g/mol. The Morgan fingerprint density at radius 2 is 1.93 bits per heavy atom. The van der Waals surface area contributed by atoms with Crippen LogP contribution >= 0.6 is 11.6 Å². The molecule has 8 heteroatoms. The zero-order valence-corrected chi connectivity index (χ0v) is 15.5. The van der Waals surface area contributed by atoms with Crippen LogP contribution in [-0.4, -0.2) is 16.5 Å². The second-order valence-electron chi connectivity index (χ2n) is 6.25. The van der Waals surface area contributed by atoms with Crippen LogP contribution in [0.15, 0.2) is 48.7 Å². The fraction of sp³-hybridized carbons (Fsp3) is 0.200. The average Bonchev–Trinajstić information content (AvgIpc) is 3.14. The first kappa shape index (κ1) is 19.9. The van der Waals surface area contributed by atoms with Crippen molar-refractivity contribution in [2.45, 2.75) is 25.6 Å². The maximum atomic E-state index is 12.7. The van der Waals surface area contributed by atoms with Crippen molar-refractivity contribution < 1.29 is 22.7 Å². The molecule has 1 aromatic heterocycles. The zero-order chi connectivity index (χ0) is 20.3. The van der Waals surface area contributed by atoms with Crippen LogP contribution in [0.4, 0.5) is 13.2 Å². The fourth-order valence-corrected chi connectivity index (χ4v) is 2.89. The topological polar surface area (TPSA) is 55.0 Å². The first-order chi connectivity index (χ1) is 13.3. The molecule has 1 unspecified atom stereocenters. The summed E-state index contributed by atoms with van der Waals surface area (Å²) in [5.41, 5.74) is 1.86. The largest absolute Gasteiger partial charge is 0.487 e. The Morgan fingerprint density at radius 3 is 2.54 bits per heavy atom. The SMILES string of the molecule is CC(C=O)c1ccc(OCc2cn[nH]c2-c2ccc(C(F)(F)F)cc2)c(Cl)c1. The average molecular weight is 409 g/mol. The number of nitrogens with zero attached hydrogens (tertiary/aromatic N) is 1. The van der Waals surface area contributed by atoms with Crippen molar-refractivity contribution in [2.24, 2.45) is 0 Å². The Hall–Kier alpha value is -2.80. The maximum Gasteiger partial charge on any atom is 0.416 e. The van der Waals surface area contributed by atoms with Gasteiger partial charge in [-0.25, -0.2) is 0 Å². The molecule has 0 fully saturated rings. The van der Waals surface area contributed by atoms with Gasteiger partial charge in [0, 0.05) is 11.5 Å². The number of alkyl halides is 3. The molecule has 0 saturated carbocycles. The normalized spacial score (nSPS) is 12.6. The molecular formula is C20H16ClF3N2O2. The highest BCUT2D eigenvalue weighted by molar-refractivity contribution is 6.32. The summed E-state index contributed by atoms with van der Waals surface area (Å²) in [6, 6.07) is 9.89. The third-order valence-corrected chi connectivity index (χ3v) is 4.58. The number of aromatic nitrogens is 2. The third kappa shape index (κ3) is 4.36. The number of ether oxygens (including phenoxy) is 1. The number of H-pyrrole nitrogens is 1.